The molecule has 0 aliphatic heterocycles. The zero-order chi connectivity index (χ0) is 14.4. The predicted octanol–water partition coefficient (Wildman–Crippen LogP) is 3.13. The number of pyridine rings is 1. The molecule has 3 aromatic heterocycles. The lowest BCUT2D eigenvalue weighted by molar-refractivity contribution is 0.414. The highest BCUT2D eigenvalue weighted by Crippen LogP contribution is 2.31. The zero-order valence-corrected chi connectivity index (χ0v) is 11.8. The molecule has 0 bridgehead atoms. The first kappa shape index (κ1) is 12.0. The smallest absolute Gasteiger partial charge is 0.138 e. The molecule has 0 atom stereocenters. The van der Waals surface area contributed by atoms with Gasteiger partial charge in [-0.1, -0.05) is 6.07 Å². The lowest BCUT2D eigenvalue weighted by Crippen LogP contribution is -1.86. The van der Waals surface area contributed by atoms with Crippen LogP contribution in [-0.4, -0.2) is 26.6 Å². The van der Waals surface area contributed by atoms with Crippen LogP contribution in [0.15, 0.2) is 43.0 Å². The number of imidazole rings is 1. The van der Waals surface area contributed by atoms with Gasteiger partial charge in [0, 0.05) is 24.2 Å². The van der Waals surface area contributed by atoms with E-state index in [1.807, 2.05) is 36.3 Å². The van der Waals surface area contributed by atoms with Crippen LogP contribution >= 0.6 is 0 Å². The summed E-state index contributed by atoms with van der Waals surface area (Å²) in [6.45, 7) is 0. The third kappa shape index (κ3) is 1.78. The summed E-state index contributed by atoms with van der Waals surface area (Å²) in [4.78, 5) is 11.9. The molecule has 21 heavy (non-hydrogen) atoms. The SMILES string of the molecule is COc1cnc2[nH]cc(-c3ccc4ncn(C)c4c3)c2c1. The van der Waals surface area contributed by atoms with E-state index in [1.165, 1.54) is 0 Å². The maximum atomic E-state index is 5.27. The molecule has 0 saturated heterocycles. The summed E-state index contributed by atoms with van der Waals surface area (Å²) in [5.41, 5.74) is 5.21. The summed E-state index contributed by atoms with van der Waals surface area (Å²) in [5, 5.41) is 1.05. The second-order valence-corrected chi connectivity index (χ2v) is 5.03. The first-order valence-corrected chi connectivity index (χ1v) is 6.69. The molecule has 0 spiro atoms. The van der Waals surface area contributed by atoms with Crippen LogP contribution in [0.25, 0.3) is 33.2 Å². The Kier molecular flexibility index (Phi) is 2.47. The Morgan fingerprint density at radius 2 is 2.10 bits per heavy atom. The van der Waals surface area contributed by atoms with Crippen molar-refractivity contribution >= 4 is 22.1 Å². The number of rotatable bonds is 2. The van der Waals surface area contributed by atoms with Gasteiger partial charge in [-0.05, 0) is 23.8 Å². The number of aromatic amines is 1. The number of nitrogens with one attached hydrogen (secondary N) is 1. The summed E-state index contributed by atoms with van der Waals surface area (Å²) in [6.07, 6.45) is 5.52. The van der Waals surface area contributed by atoms with Crippen LogP contribution in [0.1, 0.15) is 0 Å². The quantitative estimate of drug-likeness (QED) is 0.613. The summed E-state index contributed by atoms with van der Waals surface area (Å²) in [6, 6.07) is 8.26. The van der Waals surface area contributed by atoms with Gasteiger partial charge in [0.05, 0.1) is 30.7 Å². The van der Waals surface area contributed by atoms with E-state index in [0.29, 0.717) is 0 Å². The molecular formula is C16H14N4O. The minimum Gasteiger partial charge on any atom is -0.495 e. The molecule has 0 fully saturated rings. The van der Waals surface area contributed by atoms with Gasteiger partial charge < -0.3 is 14.3 Å². The Balaban J connectivity index is 1.96. The van der Waals surface area contributed by atoms with Crippen LogP contribution in [0.2, 0.25) is 0 Å². The number of H-pyrrole nitrogens is 1. The van der Waals surface area contributed by atoms with Gasteiger partial charge in [0.2, 0.25) is 0 Å². The van der Waals surface area contributed by atoms with E-state index in [1.54, 1.807) is 13.3 Å². The van der Waals surface area contributed by atoms with Crippen molar-refractivity contribution in [1.29, 1.82) is 0 Å². The fourth-order valence-corrected chi connectivity index (χ4v) is 2.63. The van der Waals surface area contributed by atoms with Gasteiger partial charge in [0.15, 0.2) is 0 Å². The molecule has 0 unspecified atom stereocenters. The van der Waals surface area contributed by atoms with Crippen LogP contribution in [-0.2, 0) is 7.05 Å². The maximum absolute atomic E-state index is 5.27. The van der Waals surface area contributed by atoms with Crippen LogP contribution in [0.4, 0.5) is 0 Å². The number of benzene rings is 1. The second-order valence-electron chi connectivity index (χ2n) is 5.03. The van der Waals surface area contributed by atoms with Crippen molar-refractivity contribution in [3.63, 3.8) is 0 Å². The predicted molar refractivity (Wildman–Crippen MR) is 82.4 cm³/mol. The normalized spacial score (nSPS) is 11.3. The Morgan fingerprint density at radius 3 is 2.95 bits per heavy atom. The van der Waals surface area contributed by atoms with Gasteiger partial charge in [-0.3, -0.25) is 0 Å². The lowest BCUT2D eigenvalue weighted by Gasteiger charge is -2.03. The number of methoxy groups -OCH3 is 1. The highest BCUT2D eigenvalue weighted by Gasteiger charge is 2.10. The summed E-state index contributed by atoms with van der Waals surface area (Å²) >= 11 is 0. The molecule has 0 radical (unpaired) electrons. The molecule has 5 nitrogen and oxygen atoms in total. The molecule has 0 aliphatic carbocycles. The number of fused-ring (bicyclic) bond motifs is 2. The Bertz CT molecular complexity index is 951. The van der Waals surface area contributed by atoms with E-state index in [4.69, 9.17) is 4.74 Å². The molecule has 4 rings (SSSR count). The van der Waals surface area contributed by atoms with Gasteiger partial charge >= 0.3 is 0 Å². The number of ether oxygens (including phenoxy) is 1. The van der Waals surface area contributed by atoms with Gasteiger partial charge in [-0.2, -0.15) is 0 Å². The van der Waals surface area contributed by atoms with E-state index >= 15 is 0 Å². The average molecular weight is 278 g/mol. The fourth-order valence-electron chi connectivity index (χ4n) is 2.63. The Morgan fingerprint density at radius 1 is 1.19 bits per heavy atom. The standard InChI is InChI=1S/C16H14N4O/c1-20-9-19-14-4-3-10(5-15(14)20)13-8-18-16-12(13)6-11(21-2)7-17-16/h3-9H,1-2H3,(H,17,18). The number of hydrogen-bond acceptors (Lipinski definition) is 3. The van der Waals surface area contributed by atoms with E-state index in [0.717, 1.165) is 38.9 Å². The van der Waals surface area contributed by atoms with Crippen molar-refractivity contribution in [2.75, 3.05) is 7.11 Å². The molecule has 1 N–H and O–H groups in total. The summed E-state index contributed by atoms with van der Waals surface area (Å²) in [7, 11) is 3.65. The van der Waals surface area contributed by atoms with E-state index in [9.17, 15) is 0 Å². The topological polar surface area (TPSA) is 55.7 Å². The van der Waals surface area contributed by atoms with E-state index in [2.05, 4.69) is 27.1 Å². The highest BCUT2D eigenvalue weighted by molar-refractivity contribution is 5.96. The molecule has 0 aliphatic rings. The largest absolute Gasteiger partial charge is 0.495 e. The molecule has 104 valence electrons. The average Bonchev–Trinajstić information content (AvgIpc) is 3.10. The third-order valence-electron chi connectivity index (χ3n) is 3.78. The van der Waals surface area contributed by atoms with Gasteiger partial charge in [0.25, 0.3) is 0 Å². The van der Waals surface area contributed by atoms with Crippen LogP contribution in [0.5, 0.6) is 5.75 Å². The molecule has 4 aromatic rings. The van der Waals surface area contributed by atoms with Crippen molar-refractivity contribution in [2.45, 2.75) is 0 Å². The molecular weight excluding hydrogens is 264 g/mol. The molecule has 0 saturated carbocycles. The van der Waals surface area contributed by atoms with Crippen LogP contribution in [0.3, 0.4) is 0 Å². The monoisotopic (exact) mass is 278 g/mol. The van der Waals surface area contributed by atoms with Crippen molar-refractivity contribution < 1.29 is 4.74 Å². The van der Waals surface area contributed by atoms with Crippen LogP contribution < -0.4 is 4.74 Å². The Hall–Kier alpha value is -2.82. The minimum atomic E-state index is 0.755. The van der Waals surface area contributed by atoms with Gasteiger partial charge in [-0.15, -0.1) is 0 Å². The van der Waals surface area contributed by atoms with E-state index < -0.39 is 0 Å². The van der Waals surface area contributed by atoms with Gasteiger partial charge in [0.1, 0.15) is 11.4 Å². The Labute approximate surface area is 121 Å². The first-order chi connectivity index (χ1) is 10.3. The third-order valence-corrected chi connectivity index (χ3v) is 3.78. The van der Waals surface area contributed by atoms with E-state index in [-0.39, 0.29) is 0 Å². The van der Waals surface area contributed by atoms with Crippen molar-refractivity contribution in [3.8, 4) is 16.9 Å². The number of hydrogen-bond donors (Lipinski definition) is 1. The lowest BCUT2D eigenvalue weighted by atomic mass is 10.1. The summed E-state index contributed by atoms with van der Waals surface area (Å²) < 4.78 is 7.29. The minimum absolute atomic E-state index is 0.755. The molecule has 1 aromatic carbocycles. The fraction of sp³-hybridized carbons (Fsp3) is 0.125. The molecule has 0 amide bonds. The number of aryl methyl sites for hydroxylation is 1. The second kappa shape index (κ2) is 4.34. The molecule has 3 heterocycles. The van der Waals surface area contributed by atoms with Crippen molar-refractivity contribution in [1.82, 2.24) is 19.5 Å². The first-order valence-electron chi connectivity index (χ1n) is 6.69. The number of aromatic nitrogens is 4. The summed E-state index contributed by atoms with van der Waals surface area (Å²) in [5.74, 6) is 0.755. The zero-order valence-electron chi connectivity index (χ0n) is 11.8. The highest BCUT2D eigenvalue weighted by atomic mass is 16.5. The van der Waals surface area contributed by atoms with Crippen molar-refractivity contribution in [3.05, 3.63) is 43.0 Å². The van der Waals surface area contributed by atoms with Gasteiger partial charge in [-0.25, -0.2) is 9.97 Å². The van der Waals surface area contributed by atoms with Crippen LogP contribution in [0, 0.1) is 0 Å². The number of nitrogens with zero attached hydrogens (tertiary/aromatic N) is 3. The maximum Gasteiger partial charge on any atom is 0.138 e. The molecule has 5 heteroatoms. The van der Waals surface area contributed by atoms with Crippen molar-refractivity contribution in [2.24, 2.45) is 7.05 Å².